The van der Waals surface area contributed by atoms with Crippen molar-refractivity contribution in [1.29, 1.82) is 0 Å². The van der Waals surface area contributed by atoms with Crippen molar-refractivity contribution in [3.8, 4) is 17.1 Å². The molecule has 0 saturated carbocycles. The molecule has 3 aromatic rings. The fraction of sp³-hybridized carbons (Fsp3) is 0.421. The van der Waals surface area contributed by atoms with Gasteiger partial charge in [0, 0.05) is 25.0 Å². The van der Waals surface area contributed by atoms with Crippen LogP contribution in [0, 0.1) is 6.92 Å². The number of likely N-dealkylation sites (tertiary alicyclic amines) is 1. The van der Waals surface area contributed by atoms with E-state index in [4.69, 9.17) is 0 Å². The number of aryl methyl sites for hydroxylation is 1. The molecule has 0 radical (unpaired) electrons. The molecule has 1 fully saturated rings. The lowest BCUT2D eigenvalue weighted by Crippen LogP contribution is -2.42. The number of hydrogen-bond acceptors (Lipinski definition) is 6. The van der Waals surface area contributed by atoms with Gasteiger partial charge in [0.2, 0.25) is 0 Å². The zero-order chi connectivity index (χ0) is 18.1. The number of likely N-dealkylation sites (N-methyl/N-ethyl adjacent to an activating group) is 1. The van der Waals surface area contributed by atoms with Gasteiger partial charge in [-0.3, -0.25) is 4.40 Å². The largest absolute Gasteiger partial charge is 0.507 e. The zero-order valence-corrected chi connectivity index (χ0v) is 15.2. The van der Waals surface area contributed by atoms with Crippen LogP contribution in [0.3, 0.4) is 0 Å². The summed E-state index contributed by atoms with van der Waals surface area (Å²) in [5, 5.41) is 22.6. The smallest absolute Gasteiger partial charge is 0.192 e. The number of fused-ring (bicyclic) bond motifs is 1. The van der Waals surface area contributed by atoms with Crippen molar-refractivity contribution in [1.82, 2.24) is 24.5 Å². The molecule has 0 spiro atoms. The van der Waals surface area contributed by atoms with E-state index >= 15 is 0 Å². The fourth-order valence-corrected chi connectivity index (χ4v) is 3.60. The second-order valence-electron chi connectivity index (χ2n) is 6.89. The summed E-state index contributed by atoms with van der Waals surface area (Å²) in [4.78, 5) is 6.90. The van der Waals surface area contributed by atoms with Crippen LogP contribution in [0.2, 0.25) is 0 Å². The summed E-state index contributed by atoms with van der Waals surface area (Å²) in [6.45, 7) is 7.36. The highest BCUT2D eigenvalue weighted by Gasteiger charge is 2.21. The molecule has 0 bridgehead atoms. The number of nitrogens with one attached hydrogen (secondary N) is 1. The number of imidazole rings is 1. The van der Waals surface area contributed by atoms with E-state index in [1.165, 1.54) is 6.42 Å². The minimum absolute atomic E-state index is 0.195. The highest BCUT2D eigenvalue weighted by molar-refractivity contribution is 5.71. The molecule has 1 aliphatic heterocycles. The lowest BCUT2D eigenvalue weighted by Gasteiger charge is -2.32. The minimum atomic E-state index is 0.195. The number of rotatable bonds is 4. The van der Waals surface area contributed by atoms with E-state index in [0.717, 1.165) is 37.3 Å². The Morgan fingerprint density at radius 3 is 3.00 bits per heavy atom. The monoisotopic (exact) mass is 352 g/mol. The maximum atomic E-state index is 10.3. The molecule has 7 nitrogen and oxygen atoms in total. The van der Waals surface area contributed by atoms with Crippen LogP contribution >= 0.6 is 0 Å². The number of aromatic hydroxyl groups is 1. The molecule has 136 valence electrons. The third kappa shape index (κ3) is 3.10. The lowest BCUT2D eigenvalue weighted by atomic mass is 10.1. The van der Waals surface area contributed by atoms with Crippen LogP contribution in [-0.2, 0) is 0 Å². The molecule has 3 heterocycles. The predicted molar refractivity (Wildman–Crippen MR) is 101 cm³/mol. The molecule has 2 N–H and O–H groups in total. The molecule has 7 heteroatoms. The number of phenolic OH excluding ortho intramolecular Hbond substituents is 1. The minimum Gasteiger partial charge on any atom is -0.507 e. The van der Waals surface area contributed by atoms with Crippen LogP contribution in [0.4, 0.5) is 5.82 Å². The Hall–Kier alpha value is -2.67. The maximum absolute atomic E-state index is 10.3. The summed E-state index contributed by atoms with van der Waals surface area (Å²) in [5.74, 6) is 1.47. The van der Waals surface area contributed by atoms with Crippen LogP contribution in [0.25, 0.3) is 17.0 Å². The van der Waals surface area contributed by atoms with Crippen molar-refractivity contribution in [2.45, 2.75) is 32.7 Å². The predicted octanol–water partition coefficient (Wildman–Crippen LogP) is 2.70. The molecular formula is C19H24N6O. The van der Waals surface area contributed by atoms with Crippen molar-refractivity contribution in [3.63, 3.8) is 0 Å². The number of nitrogens with zero attached hydrogens (tertiary/aromatic N) is 5. The Morgan fingerprint density at radius 1 is 1.31 bits per heavy atom. The topological polar surface area (TPSA) is 78.6 Å². The first-order chi connectivity index (χ1) is 12.7. The van der Waals surface area contributed by atoms with Crippen LogP contribution < -0.4 is 5.32 Å². The van der Waals surface area contributed by atoms with E-state index in [1.54, 1.807) is 12.3 Å². The van der Waals surface area contributed by atoms with Crippen LogP contribution in [-0.4, -0.2) is 55.3 Å². The molecule has 1 aromatic carbocycles. The van der Waals surface area contributed by atoms with Gasteiger partial charge >= 0.3 is 0 Å². The first kappa shape index (κ1) is 16.8. The Kier molecular flexibility index (Phi) is 4.46. The first-order valence-corrected chi connectivity index (χ1v) is 9.14. The number of benzene rings is 1. The van der Waals surface area contributed by atoms with E-state index in [1.807, 2.05) is 29.7 Å². The Labute approximate surface area is 152 Å². The molecule has 2 aromatic heterocycles. The molecule has 1 aliphatic rings. The Bertz CT molecular complexity index is 922. The van der Waals surface area contributed by atoms with Crippen molar-refractivity contribution in [3.05, 3.63) is 36.2 Å². The van der Waals surface area contributed by atoms with Gasteiger partial charge in [0.05, 0.1) is 5.56 Å². The average molecular weight is 352 g/mol. The van der Waals surface area contributed by atoms with Gasteiger partial charge in [-0.15, -0.1) is 10.2 Å². The summed E-state index contributed by atoms with van der Waals surface area (Å²) in [6, 6.07) is 5.89. The van der Waals surface area contributed by atoms with Gasteiger partial charge in [-0.25, -0.2) is 4.98 Å². The number of hydrogen-bond donors (Lipinski definition) is 2. The average Bonchev–Trinajstić information content (AvgIpc) is 3.13. The summed E-state index contributed by atoms with van der Waals surface area (Å²) in [6.07, 6.45) is 5.88. The maximum Gasteiger partial charge on any atom is 0.192 e. The molecule has 0 aliphatic carbocycles. The summed E-state index contributed by atoms with van der Waals surface area (Å²) >= 11 is 0. The highest BCUT2D eigenvalue weighted by atomic mass is 16.3. The number of anilines is 1. The van der Waals surface area contributed by atoms with Gasteiger partial charge in [-0.2, -0.15) is 0 Å². The fourth-order valence-electron chi connectivity index (χ4n) is 3.60. The molecule has 26 heavy (non-hydrogen) atoms. The summed E-state index contributed by atoms with van der Waals surface area (Å²) in [7, 11) is 0. The summed E-state index contributed by atoms with van der Waals surface area (Å²) < 4.78 is 1.88. The quantitative estimate of drug-likeness (QED) is 0.752. The van der Waals surface area contributed by atoms with Crippen molar-refractivity contribution < 1.29 is 5.11 Å². The number of phenols is 1. The third-order valence-electron chi connectivity index (χ3n) is 5.01. The van der Waals surface area contributed by atoms with Crippen LogP contribution in [0.15, 0.2) is 30.6 Å². The summed E-state index contributed by atoms with van der Waals surface area (Å²) in [5.41, 5.74) is 2.37. The van der Waals surface area contributed by atoms with Gasteiger partial charge in [0.25, 0.3) is 0 Å². The highest BCUT2D eigenvalue weighted by Crippen LogP contribution is 2.30. The second-order valence-corrected chi connectivity index (χ2v) is 6.89. The van der Waals surface area contributed by atoms with Crippen molar-refractivity contribution in [2.75, 3.05) is 25.0 Å². The Morgan fingerprint density at radius 2 is 2.19 bits per heavy atom. The van der Waals surface area contributed by atoms with E-state index < -0.39 is 0 Å². The normalized spacial score (nSPS) is 18.3. The van der Waals surface area contributed by atoms with Crippen LogP contribution in [0.1, 0.15) is 25.3 Å². The lowest BCUT2D eigenvalue weighted by molar-refractivity contribution is 0.226. The standard InChI is InChI=1S/C19H24N6O/c1-3-24-9-4-5-14(12-24)21-17-19-20-8-10-25(19)18(23-22-17)15-7-6-13(2)11-16(15)26/h6-8,10-11,14,26H,3-5,9,12H2,1-2H3,(H,21,22)/t14-/m1/s1. The first-order valence-electron chi connectivity index (χ1n) is 9.14. The van der Waals surface area contributed by atoms with Crippen molar-refractivity contribution >= 4 is 11.5 Å². The van der Waals surface area contributed by atoms with E-state index in [0.29, 0.717) is 23.2 Å². The van der Waals surface area contributed by atoms with Gasteiger partial charge in [0.1, 0.15) is 5.75 Å². The van der Waals surface area contributed by atoms with Crippen molar-refractivity contribution in [2.24, 2.45) is 0 Å². The molecule has 1 saturated heterocycles. The molecule has 0 amide bonds. The van der Waals surface area contributed by atoms with E-state index in [2.05, 4.69) is 32.3 Å². The third-order valence-corrected chi connectivity index (χ3v) is 5.01. The van der Waals surface area contributed by atoms with Gasteiger partial charge in [-0.1, -0.05) is 13.0 Å². The molecule has 0 unspecified atom stereocenters. The van der Waals surface area contributed by atoms with Gasteiger partial charge in [0.15, 0.2) is 17.3 Å². The SMILES string of the molecule is CCN1CCC[C@@H](Nc2nnc(-c3ccc(C)cc3O)n3ccnc23)C1. The van der Waals surface area contributed by atoms with Gasteiger partial charge in [-0.05, 0) is 50.6 Å². The van der Waals surface area contributed by atoms with Crippen LogP contribution in [0.5, 0.6) is 5.75 Å². The Balaban J connectivity index is 1.68. The van der Waals surface area contributed by atoms with E-state index in [-0.39, 0.29) is 5.75 Å². The number of piperidine rings is 1. The zero-order valence-electron chi connectivity index (χ0n) is 15.2. The number of aromatic nitrogens is 4. The van der Waals surface area contributed by atoms with Gasteiger partial charge < -0.3 is 15.3 Å². The molecular weight excluding hydrogens is 328 g/mol. The molecule has 1 atom stereocenters. The molecule has 4 rings (SSSR count). The van der Waals surface area contributed by atoms with E-state index in [9.17, 15) is 5.11 Å². The second kappa shape index (κ2) is 6.92.